The van der Waals surface area contributed by atoms with Crippen LogP contribution in [0.3, 0.4) is 0 Å². The Morgan fingerprint density at radius 3 is 2.67 bits per heavy atom. The van der Waals surface area contributed by atoms with Crippen molar-refractivity contribution in [1.29, 1.82) is 0 Å². The van der Waals surface area contributed by atoms with Crippen LogP contribution in [0.5, 0.6) is 0 Å². The zero-order chi connectivity index (χ0) is 15.1. The average molecular weight is 293 g/mol. The maximum Gasteiger partial charge on any atom is 0.321 e. The molecule has 0 bridgehead atoms. The first-order valence-electron chi connectivity index (χ1n) is 7.19. The molecule has 21 heavy (non-hydrogen) atoms. The van der Waals surface area contributed by atoms with E-state index in [4.69, 9.17) is 0 Å². The van der Waals surface area contributed by atoms with Gasteiger partial charge in [0.05, 0.1) is 0 Å². The second-order valence-corrected chi connectivity index (χ2v) is 5.11. The highest BCUT2D eigenvalue weighted by molar-refractivity contribution is 5.95. The van der Waals surface area contributed by atoms with Crippen molar-refractivity contribution in [3.05, 3.63) is 35.6 Å². The smallest absolute Gasteiger partial charge is 0.321 e. The number of nitrogens with one attached hydrogen (secondary N) is 3. The van der Waals surface area contributed by atoms with Crippen molar-refractivity contribution in [2.75, 3.05) is 19.6 Å². The van der Waals surface area contributed by atoms with E-state index in [1.165, 1.54) is 6.07 Å². The molecule has 5 nitrogen and oxygen atoms in total. The molecular weight excluding hydrogens is 273 g/mol. The van der Waals surface area contributed by atoms with Gasteiger partial charge in [-0.1, -0.05) is 18.2 Å². The lowest BCUT2D eigenvalue weighted by Crippen LogP contribution is -2.45. The van der Waals surface area contributed by atoms with Crippen LogP contribution in [0.4, 0.5) is 9.18 Å². The van der Waals surface area contributed by atoms with Crippen molar-refractivity contribution in [2.24, 2.45) is 5.92 Å². The molecule has 1 saturated heterocycles. The summed E-state index contributed by atoms with van der Waals surface area (Å²) in [4.78, 5) is 23.5. The second kappa shape index (κ2) is 7.73. The summed E-state index contributed by atoms with van der Waals surface area (Å²) in [6.45, 7) is 1.88. The molecule has 0 spiro atoms. The van der Waals surface area contributed by atoms with E-state index >= 15 is 0 Å². The summed E-state index contributed by atoms with van der Waals surface area (Å²) in [6, 6.07) is 5.91. The number of amides is 3. The molecule has 3 amide bonds. The van der Waals surface area contributed by atoms with Crippen LogP contribution >= 0.6 is 0 Å². The number of carbonyl (C=O) groups excluding carboxylic acids is 2. The number of carbonyl (C=O) groups is 2. The summed E-state index contributed by atoms with van der Waals surface area (Å²) >= 11 is 0. The molecule has 1 aliphatic rings. The summed E-state index contributed by atoms with van der Waals surface area (Å²) in [5.74, 6) is -0.631. The molecule has 0 radical (unpaired) electrons. The van der Waals surface area contributed by atoms with Gasteiger partial charge in [-0.05, 0) is 44.0 Å². The van der Waals surface area contributed by atoms with Crippen LogP contribution in [-0.4, -0.2) is 31.6 Å². The quantitative estimate of drug-likeness (QED) is 0.781. The Morgan fingerprint density at radius 2 is 1.95 bits per heavy atom. The molecule has 0 aliphatic carbocycles. The Kier molecular flexibility index (Phi) is 5.68. The van der Waals surface area contributed by atoms with Gasteiger partial charge in [-0.3, -0.25) is 10.1 Å². The Morgan fingerprint density at radius 1 is 1.24 bits per heavy atom. The van der Waals surface area contributed by atoms with Gasteiger partial charge in [0.1, 0.15) is 5.82 Å². The Hall–Kier alpha value is -1.95. The monoisotopic (exact) mass is 293 g/mol. The van der Waals surface area contributed by atoms with Crippen LogP contribution in [-0.2, 0) is 11.2 Å². The Balaban J connectivity index is 1.70. The number of halogens is 1. The first-order valence-corrected chi connectivity index (χ1v) is 7.19. The zero-order valence-corrected chi connectivity index (χ0v) is 11.8. The Bertz CT molecular complexity index is 501. The summed E-state index contributed by atoms with van der Waals surface area (Å²) < 4.78 is 13.4. The lowest BCUT2D eigenvalue weighted by molar-refractivity contribution is -0.124. The third-order valence-corrected chi connectivity index (χ3v) is 3.58. The van der Waals surface area contributed by atoms with Gasteiger partial charge in [0.25, 0.3) is 0 Å². The van der Waals surface area contributed by atoms with Crippen LogP contribution < -0.4 is 16.0 Å². The summed E-state index contributed by atoms with van der Waals surface area (Å²) in [6.07, 6.45) is 1.88. The molecule has 1 aromatic rings. The number of imide groups is 1. The fraction of sp³-hybridized carbons (Fsp3) is 0.467. The maximum absolute atomic E-state index is 13.4. The minimum Gasteiger partial charge on any atom is -0.337 e. The van der Waals surface area contributed by atoms with Gasteiger partial charge in [0.15, 0.2) is 0 Å². The van der Waals surface area contributed by atoms with E-state index in [0.717, 1.165) is 25.9 Å². The van der Waals surface area contributed by atoms with Crippen LogP contribution in [0.1, 0.15) is 18.4 Å². The van der Waals surface area contributed by atoms with E-state index in [-0.39, 0.29) is 24.2 Å². The topological polar surface area (TPSA) is 70.2 Å². The SMILES string of the molecule is O=C(NCCc1ccccc1F)NC(=O)C1CCNCC1. The van der Waals surface area contributed by atoms with Crippen LogP contribution in [0.25, 0.3) is 0 Å². The highest BCUT2D eigenvalue weighted by Gasteiger charge is 2.22. The molecule has 2 rings (SSSR count). The third kappa shape index (κ3) is 4.82. The molecule has 1 aliphatic heterocycles. The van der Waals surface area contributed by atoms with Crippen molar-refractivity contribution in [1.82, 2.24) is 16.0 Å². The van der Waals surface area contributed by atoms with E-state index in [1.807, 2.05) is 0 Å². The first kappa shape index (κ1) is 15.4. The predicted octanol–water partition coefficient (Wildman–Crippen LogP) is 1.19. The third-order valence-electron chi connectivity index (χ3n) is 3.58. The fourth-order valence-electron chi connectivity index (χ4n) is 2.35. The van der Waals surface area contributed by atoms with Gasteiger partial charge in [-0.25, -0.2) is 9.18 Å². The standard InChI is InChI=1S/C15H20FN3O2/c16-13-4-2-1-3-11(13)7-10-18-15(21)19-14(20)12-5-8-17-9-6-12/h1-4,12,17H,5-10H2,(H2,18,19,20,21). The molecule has 1 aromatic carbocycles. The van der Waals surface area contributed by atoms with Gasteiger partial charge in [0, 0.05) is 12.5 Å². The van der Waals surface area contributed by atoms with Crippen molar-refractivity contribution in [3.8, 4) is 0 Å². The molecule has 6 heteroatoms. The van der Waals surface area contributed by atoms with E-state index in [9.17, 15) is 14.0 Å². The number of rotatable bonds is 4. The van der Waals surface area contributed by atoms with Crippen LogP contribution in [0.2, 0.25) is 0 Å². The number of urea groups is 1. The Labute approximate surface area is 123 Å². The van der Waals surface area contributed by atoms with Gasteiger partial charge in [-0.2, -0.15) is 0 Å². The zero-order valence-electron chi connectivity index (χ0n) is 11.8. The highest BCUT2D eigenvalue weighted by atomic mass is 19.1. The van der Waals surface area contributed by atoms with Crippen molar-refractivity contribution in [2.45, 2.75) is 19.3 Å². The normalized spacial score (nSPS) is 15.5. The fourth-order valence-corrected chi connectivity index (χ4v) is 2.35. The molecular formula is C15H20FN3O2. The highest BCUT2D eigenvalue weighted by Crippen LogP contribution is 2.11. The van der Waals surface area contributed by atoms with E-state index in [2.05, 4.69) is 16.0 Å². The van der Waals surface area contributed by atoms with E-state index < -0.39 is 6.03 Å². The minimum absolute atomic E-state index is 0.108. The molecule has 1 fully saturated rings. The molecule has 0 unspecified atom stereocenters. The summed E-state index contributed by atoms with van der Waals surface area (Å²) in [5, 5.41) is 8.08. The molecule has 0 atom stereocenters. The molecule has 114 valence electrons. The second-order valence-electron chi connectivity index (χ2n) is 5.11. The predicted molar refractivity (Wildman–Crippen MR) is 77.2 cm³/mol. The van der Waals surface area contributed by atoms with Gasteiger partial charge < -0.3 is 10.6 Å². The summed E-state index contributed by atoms with van der Waals surface area (Å²) in [5.41, 5.74) is 0.544. The number of hydrogen-bond acceptors (Lipinski definition) is 3. The van der Waals surface area contributed by atoms with Crippen molar-refractivity contribution in [3.63, 3.8) is 0 Å². The number of benzene rings is 1. The van der Waals surface area contributed by atoms with Gasteiger partial charge >= 0.3 is 6.03 Å². The number of hydrogen-bond donors (Lipinski definition) is 3. The molecule has 3 N–H and O–H groups in total. The number of piperidine rings is 1. The lowest BCUT2D eigenvalue weighted by atomic mass is 9.97. The minimum atomic E-state index is -0.519. The van der Waals surface area contributed by atoms with E-state index in [1.54, 1.807) is 18.2 Å². The van der Waals surface area contributed by atoms with Crippen molar-refractivity contribution >= 4 is 11.9 Å². The van der Waals surface area contributed by atoms with Crippen LogP contribution in [0, 0.1) is 11.7 Å². The van der Waals surface area contributed by atoms with Gasteiger partial charge in [0.2, 0.25) is 5.91 Å². The van der Waals surface area contributed by atoms with Gasteiger partial charge in [-0.15, -0.1) is 0 Å². The largest absolute Gasteiger partial charge is 0.337 e. The maximum atomic E-state index is 13.4. The first-order chi connectivity index (χ1) is 10.2. The molecule has 1 heterocycles. The van der Waals surface area contributed by atoms with Crippen molar-refractivity contribution < 1.29 is 14.0 Å². The van der Waals surface area contributed by atoms with Crippen LogP contribution in [0.15, 0.2) is 24.3 Å². The summed E-state index contributed by atoms with van der Waals surface area (Å²) in [7, 11) is 0. The lowest BCUT2D eigenvalue weighted by Gasteiger charge is -2.21. The molecule has 0 saturated carbocycles. The van der Waals surface area contributed by atoms with E-state index in [0.29, 0.717) is 12.0 Å². The average Bonchev–Trinajstić information content (AvgIpc) is 2.50. The molecule has 0 aromatic heterocycles.